The van der Waals surface area contributed by atoms with E-state index in [2.05, 4.69) is 28.5 Å². The van der Waals surface area contributed by atoms with Crippen LogP contribution in [0.2, 0.25) is 0 Å². The minimum absolute atomic E-state index is 0.118. The maximum Gasteiger partial charge on any atom is 0.237 e. The number of nitrogens with zero attached hydrogens (tertiary/aromatic N) is 5. The maximum atomic E-state index is 12.6. The Morgan fingerprint density at radius 1 is 1.36 bits per heavy atom. The Bertz CT molecular complexity index is 711. The van der Waals surface area contributed by atoms with Gasteiger partial charge < -0.3 is 4.90 Å². The molecule has 0 spiro atoms. The summed E-state index contributed by atoms with van der Waals surface area (Å²) < 4.78 is 1.85. The molecule has 4 rings (SSSR count). The molecule has 0 unspecified atom stereocenters. The summed E-state index contributed by atoms with van der Waals surface area (Å²) in [6.45, 7) is 2.09. The minimum Gasteiger partial charge on any atom is -0.308 e. The van der Waals surface area contributed by atoms with Gasteiger partial charge in [0.1, 0.15) is 0 Å². The number of rotatable bonds is 4. The predicted molar refractivity (Wildman–Crippen MR) is 83.9 cm³/mol. The van der Waals surface area contributed by atoms with Gasteiger partial charge in [0.2, 0.25) is 11.1 Å². The van der Waals surface area contributed by atoms with Gasteiger partial charge in [0.15, 0.2) is 0 Å². The van der Waals surface area contributed by atoms with E-state index in [0.29, 0.717) is 11.8 Å². The molecule has 0 N–H and O–H groups in total. The lowest BCUT2D eigenvalue weighted by Crippen LogP contribution is -2.37. The number of tetrazole rings is 1. The van der Waals surface area contributed by atoms with Gasteiger partial charge in [-0.3, -0.25) is 4.79 Å². The van der Waals surface area contributed by atoms with E-state index < -0.39 is 0 Å². The van der Waals surface area contributed by atoms with Gasteiger partial charge in [-0.15, -0.1) is 5.10 Å². The molecular weight excluding hydrogens is 298 g/mol. The molecule has 0 bridgehead atoms. The topological polar surface area (TPSA) is 63.9 Å². The number of hydrogen-bond donors (Lipinski definition) is 0. The van der Waals surface area contributed by atoms with Gasteiger partial charge in [0, 0.05) is 11.7 Å². The third kappa shape index (κ3) is 2.39. The molecule has 1 aromatic heterocycles. The average molecular weight is 315 g/mol. The van der Waals surface area contributed by atoms with E-state index in [1.807, 2.05) is 27.8 Å². The van der Waals surface area contributed by atoms with Crippen molar-refractivity contribution in [1.82, 2.24) is 20.2 Å². The van der Waals surface area contributed by atoms with Crippen molar-refractivity contribution in [2.75, 3.05) is 10.7 Å². The van der Waals surface area contributed by atoms with Crippen molar-refractivity contribution in [3.05, 3.63) is 29.8 Å². The van der Waals surface area contributed by atoms with E-state index in [1.165, 1.54) is 17.3 Å². The van der Waals surface area contributed by atoms with Crippen molar-refractivity contribution in [3.8, 4) is 0 Å². The van der Waals surface area contributed by atoms with Crippen LogP contribution in [0.15, 0.2) is 29.4 Å². The lowest BCUT2D eigenvalue weighted by Gasteiger charge is -2.22. The summed E-state index contributed by atoms with van der Waals surface area (Å²) in [6.07, 6.45) is 3.18. The zero-order chi connectivity index (χ0) is 15.1. The first-order valence-corrected chi connectivity index (χ1v) is 8.53. The Morgan fingerprint density at radius 2 is 2.18 bits per heavy atom. The van der Waals surface area contributed by atoms with Crippen LogP contribution in [0.25, 0.3) is 0 Å². The van der Waals surface area contributed by atoms with Crippen LogP contribution in [0.1, 0.15) is 31.4 Å². The highest BCUT2D eigenvalue weighted by Gasteiger charge is 2.32. The largest absolute Gasteiger partial charge is 0.308 e. The van der Waals surface area contributed by atoms with E-state index in [1.54, 1.807) is 0 Å². The molecule has 1 atom stereocenters. The standard InChI is InChI=1S/C15H17N5OS/c1-10-8-11-4-2-3-5-13(11)19(10)14(21)9-22-15-16-17-18-20(15)12-6-7-12/h2-5,10,12H,6-9H2,1H3/t10-/m1/s1. The first-order valence-electron chi connectivity index (χ1n) is 7.54. The zero-order valence-electron chi connectivity index (χ0n) is 12.3. The fourth-order valence-electron chi connectivity index (χ4n) is 2.97. The second-order valence-electron chi connectivity index (χ2n) is 5.87. The molecule has 7 heteroatoms. The number of fused-ring (bicyclic) bond motifs is 1. The van der Waals surface area contributed by atoms with Crippen LogP contribution >= 0.6 is 11.8 Å². The predicted octanol–water partition coefficient (Wildman–Crippen LogP) is 2.08. The molecule has 2 aromatic rings. The molecule has 6 nitrogen and oxygen atoms in total. The first-order chi connectivity index (χ1) is 10.7. The summed E-state index contributed by atoms with van der Waals surface area (Å²) in [5.41, 5.74) is 2.29. The molecule has 1 aromatic carbocycles. The van der Waals surface area contributed by atoms with Gasteiger partial charge in [-0.1, -0.05) is 30.0 Å². The molecule has 1 fully saturated rings. The molecular formula is C15H17N5OS. The molecule has 1 amide bonds. The second-order valence-corrected chi connectivity index (χ2v) is 6.81. The van der Waals surface area contributed by atoms with Crippen LogP contribution in [0.3, 0.4) is 0 Å². The monoisotopic (exact) mass is 315 g/mol. The number of amides is 1. The highest BCUT2D eigenvalue weighted by Crippen LogP contribution is 2.37. The number of aromatic nitrogens is 4. The van der Waals surface area contributed by atoms with Crippen LogP contribution in [0.4, 0.5) is 5.69 Å². The molecule has 22 heavy (non-hydrogen) atoms. The smallest absolute Gasteiger partial charge is 0.237 e. The Morgan fingerprint density at radius 3 is 3.00 bits per heavy atom. The van der Waals surface area contributed by atoms with Crippen molar-refractivity contribution in [2.24, 2.45) is 0 Å². The molecule has 0 saturated heterocycles. The van der Waals surface area contributed by atoms with Gasteiger partial charge >= 0.3 is 0 Å². The maximum absolute atomic E-state index is 12.6. The lowest BCUT2D eigenvalue weighted by molar-refractivity contribution is -0.116. The van der Waals surface area contributed by atoms with E-state index in [0.717, 1.165) is 30.1 Å². The Labute approximate surface area is 132 Å². The van der Waals surface area contributed by atoms with Crippen molar-refractivity contribution in [1.29, 1.82) is 0 Å². The average Bonchev–Trinajstić information content (AvgIpc) is 3.15. The third-order valence-corrected chi connectivity index (χ3v) is 5.07. The summed E-state index contributed by atoms with van der Waals surface area (Å²) in [5, 5.41) is 12.5. The summed E-state index contributed by atoms with van der Waals surface area (Å²) in [4.78, 5) is 14.5. The second kappa shape index (κ2) is 5.39. The number of carbonyl (C=O) groups is 1. The van der Waals surface area contributed by atoms with Crippen molar-refractivity contribution in [2.45, 2.75) is 43.4 Å². The number of hydrogen-bond acceptors (Lipinski definition) is 5. The third-order valence-electron chi connectivity index (χ3n) is 4.16. The van der Waals surface area contributed by atoms with Crippen LogP contribution < -0.4 is 4.90 Å². The number of anilines is 1. The first kappa shape index (κ1) is 13.8. The SMILES string of the molecule is C[C@@H]1Cc2ccccc2N1C(=O)CSc1nnnn1C1CC1. The molecule has 1 aliphatic carbocycles. The molecule has 1 saturated carbocycles. The number of para-hydroxylation sites is 1. The molecule has 2 aliphatic rings. The van der Waals surface area contributed by atoms with Crippen LogP contribution in [-0.2, 0) is 11.2 Å². The lowest BCUT2D eigenvalue weighted by atomic mass is 10.1. The molecule has 114 valence electrons. The van der Waals surface area contributed by atoms with Gasteiger partial charge in [-0.05, 0) is 48.2 Å². The minimum atomic E-state index is 0.118. The normalized spacial score (nSPS) is 20.2. The molecule has 0 radical (unpaired) electrons. The van der Waals surface area contributed by atoms with Gasteiger partial charge in [-0.25, -0.2) is 4.68 Å². The van der Waals surface area contributed by atoms with Crippen molar-refractivity contribution in [3.63, 3.8) is 0 Å². The summed E-state index contributed by atoms with van der Waals surface area (Å²) >= 11 is 1.43. The van der Waals surface area contributed by atoms with Crippen LogP contribution in [0.5, 0.6) is 0 Å². The Hall–Kier alpha value is -1.89. The van der Waals surface area contributed by atoms with E-state index >= 15 is 0 Å². The van der Waals surface area contributed by atoms with E-state index in [4.69, 9.17) is 0 Å². The molecule has 1 aliphatic heterocycles. The van der Waals surface area contributed by atoms with Crippen LogP contribution in [0, 0.1) is 0 Å². The van der Waals surface area contributed by atoms with Gasteiger partial charge in [-0.2, -0.15) is 0 Å². The Kier molecular flexibility index (Phi) is 3.37. The van der Waals surface area contributed by atoms with Crippen molar-refractivity contribution < 1.29 is 4.79 Å². The molecule has 2 heterocycles. The number of benzene rings is 1. The van der Waals surface area contributed by atoms with E-state index in [9.17, 15) is 4.79 Å². The highest BCUT2D eigenvalue weighted by atomic mass is 32.2. The zero-order valence-corrected chi connectivity index (χ0v) is 13.2. The van der Waals surface area contributed by atoms with Crippen molar-refractivity contribution >= 4 is 23.4 Å². The summed E-state index contributed by atoms with van der Waals surface area (Å²) in [6, 6.07) is 8.77. The Balaban J connectivity index is 1.47. The quantitative estimate of drug-likeness (QED) is 0.808. The van der Waals surface area contributed by atoms with Gasteiger partial charge in [0.25, 0.3) is 0 Å². The van der Waals surface area contributed by atoms with Crippen LogP contribution in [-0.4, -0.2) is 37.9 Å². The highest BCUT2D eigenvalue weighted by molar-refractivity contribution is 7.99. The van der Waals surface area contributed by atoms with E-state index in [-0.39, 0.29) is 11.9 Å². The fourth-order valence-corrected chi connectivity index (χ4v) is 3.77. The number of carbonyl (C=O) groups excluding carboxylic acids is 1. The fraction of sp³-hybridized carbons (Fsp3) is 0.467. The number of thioether (sulfide) groups is 1. The summed E-state index contributed by atoms with van der Waals surface area (Å²) in [7, 11) is 0. The van der Waals surface area contributed by atoms with Gasteiger partial charge in [0.05, 0.1) is 11.8 Å². The summed E-state index contributed by atoms with van der Waals surface area (Å²) in [5.74, 6) is 0.485.